The molecule has 2 amide bonds. The molecule has 3 aromatic carbocycles. The second kappa shape index (κ2) is 12.4. The van der Waals surface area contributed by atoms with Crippen LogP contribution in [0.1, 0.15) is 33.3 Å². The summed E-state index contributed by atoms with van der Waals surface area (Å²) in [6, 6.07) is 21.2. The number of hydrogen-bond acceptors (Lipinski definition) is 4. The fourth-order valence-corrected chi connectivity index (χ4v) is 5.66. The highest BCUT2D eigenvalue weighted by Crippen LogP contribution is 2.26. The van der Waals surface area contributed by atoms with Crippen molar-refractivity contribution < 1.29 is 18.0 Å². The zero-order valence-electron chi connectivity index (χ0n) is 21.7. The van der Waals surface area contributed by atoms with Gasteiger partial charge in [0.05, 0.1) is 10.6 Å². The van der Waals surface area contributed by atoms with Gasteiger partial charge in [-0.2, -0.15) is 0 Å². The Balaban J connectivity index is 2.01. The van der Waals surface area contributed by atoms with Gasteiger partial charge in [-0.25, -0.2) is 8.42 Å². The fourth-order valence-electron chi connectivity index (χ4n) is 3.70. The van der Waals surface area contributed by atoms with Crippen molar-refractivity contribution in [1.29, 1.82) is 0 Å². The highest BCUT2D eigenvalue weighted by Gasteiger charge is 2.33. The maximum absolute atomic E-state index is 13.9. The summed E-state index contributed by atoms with van der Waals surface area (Å²) in [5.74, 6) is -0.837. The number of carbonyl (C=O) groups is 2. The molecule has 38 heavy (non-hydrogen) atoms. The van der Waals surface area contributed by atoms with Crippen LogP contribution < -0.4 is 9.62 Å². The van der Waals surface area contributed by atoms with Crippen LogP contribution in [0.4, 0.5) is 5.69 Å². The molecule has 0 aliphatic rings. The van der Waals surface area contributed by atoms with Crippen molar-refractivity contribution in [2.24, 2.45) is 0 Å². The van der Waals surface area contributed by atoms with Crippen molar-refractivity contribution >= 4 is 59.4 Å². The fraction of sp³-hybridized carbons (Fsp3) is 0.286. The van der Waals surface area contributed by atoms with E-state index in [1.165, 1.54) is 17.0 Å². The molecule has 10 heteroatoms. The first-order valence-corrected chi connectivity index (χ1v) is 15.0. The maximum Gasteiger partial charge on any atom is 0.264 e. The third-order valence-electron chi connectivity index (χ3n) is 5.66. The number of amides is 2. The Morgan fingerprint density at radius 1 is 0.868 bits per heavy atom. The maximum atomic E-state index is 13.9. The Morgan fingerprint density at radius 3 is 1.92 bits per heavy atom. The van der Waals surface area contributed by atoms with Crippen molar-refractivity contribution in [3.05, 3.63) is 93.4 Å². The van der Waals surface area contributed by atoms with Crippen LogP contribution in [-0.4, -0.2) is 43.3 Å². The van der Waals surface area contributed by atoms with E-state index in [0.717, 1.165) is 18.8 Å². The lowest BCUT2D eigenvalue weighted by Crippen LogP contribution is -2.54. The van der Waals surface area contributed by atoms with Gasteiger partial charge in [0, 0.05) is 21.0 Å². The molecule has 0 bridgehead atoms. The second-order valence-corrected chi connectivity index (χ2v) is 13.6. The molecule has 7 nitrogen and oxygen atoms in total. The number of halogens is 2. The lowest BCUT2D eigenvalue weighted by Gasteiger charge is -2.33. The van der Waals surface area contributed by atoms with Gasteiger partial charge in [-0.15, -0.1) is 0 Å². The van der Waals surface area contributed by atoms with E-state index in [1.54, 1.807) is 49.4 Å². The molecule has 0 heterocycles. The van der Waals surface area contributed by atoms with E-state index in [1.807, 2.05) is 45.0 Å². The molecule has 0 radical (unpaired) electrons. The van der Waals surface area contributed by atoms with E-state index in [-0.39, 0.29) is 17.3 Å². The molecular weight excluding hydrogens is 634 g/mol. The largest absolute Gasteiger partial charge is 0.350 e. The number of nitrogens with one attached hydrogen (secondary N) is 1. The van der Waals surface area contributed by atoms with Gasteiger partial charge in [0.1, 0.15) is 12.6 Å². The van der Waals surface area contributed by atoms with Crippen LogP contribution in [0.3, 0.4) is 0 Å². The van der Waals surface area contributed by atoms with E-state index in [9.17, 15) is 18.0 Å². The summed E-state index contributed by atoms with van der Waals surface area (Å²) in [5, 5.41) is 2.92. The van der Waals surface area contributed by atoms with Gasteiger partial charge in [-0.1, -0.05) is 62.2 Å². The Labute approximate surface area is 241 Å². The summed E-state index contributed by atoms with van der Waals surface area (Å²) in [4.78, 5) is 28.5. The number of carbonyl (C=O) groups excluding carboxylic acids is 2. The molecule has 1 unspecified atom stereocenters. The van der Waals surface area contributed by atoms with Gasteiger partial charge >= 0.3 is 0 Å². The van der Waals surface area contributed by atoms with Gasteiger partial charge in [0.15, 0.2) is 0 Å². The SMILES string of the molecule is CC(C(=O)NC(C)(C)C)N(Cc1ccc(Br)cc1)C(=O)CN(c1ccc(Br)cc1)S(=O)(=O)c1ccccc1. The summed E-state index contributed by atoms with van der Waals surface area (Å²) in [6.45, 7) is 6.88. The van der Waals surface area contributed by atoms with Gasteiger partial charge in [0.2, 0.25) is 11.8 Å². The van der Waals surface area contributed by atoms with E-state index in [2.05, 4.69) is 37.2 Å². The quantitative estimate of drug-likeness (QED) is 0.316. The van der Waals surface area contributed by atoms with Crippen LogP contribution in [0, 0.1) is 0 Å². The monoisotopic (exact) mass is 663 g/mol. The van der Waals surface area contributed by atoms with Gasteiger partial charge in [-0.3, -0.25) is 13.9 Å². The van der Waals surface area contributed by atoms with Gasteiger partial charge in [-0.05, 0) is 81.8 Å². The number of benzene rings is 3. The van der Waals surface area contributed by atoms with Crippen LogP contribution in [-0.2, 0) is 26.2 Å². The molecule has 0 aromatic heterocycles. The van der Waals surface area contributed by atoms with Crippen molar-refractivity contribution in [3.63, 3.8) is 0 Å². The first-order chi connectivity index (χ1) is 17.8. The minimum Gasteiger partial charge on any atom is -0.350 e. The predicted molar refractivity (Wildman–Crippen MR) is 157 cm³/mol. The van der Waals surface area contributed by atoms with Gasteiger partial charge in [0.25, 0.3) is 10.0 Å². The molecule has 0 aliphatic heterocycles. The summed E-state index contributed by atoms with van der Waals surface area (Å²) in [7, 11) is -4.09. The molecular formula is C28H31Br2N3O4S. The van der Waals surface area contributed by atoms with Crippen LogP contribution in [0.5, 0.6) is 0 Å². The van der Waals surface area contributed by atoms with E-state index >= 15 is 0 Å². The van der Waals surface area contributed by atoms with Gasteiger partial charge < -0.3 is 10.2 Å². The highest BCUT2D eigenvalue weighted by molar-refractivity contribution is 9.10. The van der Waals surface area contributed by atoms with Crippen LogP contribution in [0.2, 0.25) is 0 Å². The predicted octanol–water partition coefficient (Wildman–Crippen LogP) is 5.74. The summed E-state index contributed by atoms with van der Waals surface area (Å²) in [6.07, 6.45) is 0. The molecule has 202 valence electrons. The number of sulfonamides is 1. The summed E-state index contributed by atoms with van der Waals surface area (Å²) >= 11 is 6.79. The molecule has 0 spiro atoms. The van der Waals surface area contributed by atoms with Crippen molar-refractivity contribution in [1.82, 2.24) is 10.2 Å². The third kappa shape index (κ3) is 7.91. The standard InChI is InChI=1S/C28H31Br2N3O4S/c1-20(27(35)31-28(2,3)4)32(18-21-10-12-22(29)13-11-21)26(34)19-33(24-16-14-23(30)15-17-24)38(36,37)25-8-6-5-7-9-25/h5-17,20H,18-19H2,1-4H3,(H,31,35). The molecule has 0 saturated heterocycles. The highest BCUT2D eigenvalue weighted by atomic mass is 79.9. The molecule has 1 atom stereocenters. The molecule has 0 fully saturated rings. The minimum absolute atomic E-state index is 0.0636. The van der Waals surface area contributed by atoms with Crippen molar-refractivity contribution in [2.45, 2.75) is 50.7 Å². The Kier molecular flexibility index (Phi) is 9.78. The Morgan fingerprint density at radius 2 is 1.39 bits per heavy atom. The van der Waals surface area contributed by atoms with Crippen molar-refractivity contribution in [2.75, 3.05) is 10.8 Å². The Hall–Kier alpha value is -2.69. The smallest absolute Gasteiger partial charge is 0.264 e. The van der Waals surface area contributed by atoms with E-state index in [4.69, 9.17) is 0 Å². The van der Waals surface area contributed by atoms with Crippen LogP contribution >= 0.6 is 31.9 Å². The lowest BCUT2D eigenvalue weighted by molar-refractivity contribution is -0.140. The third-order valence-corrected chi connectivity index (χ3v) is 8.50. The minimum atomic E-state index is -4.09. The topological polar surface area (TPSA) is 86.8 Å². The summed E-state index contributed by atoms with van der Waals surface area (Å²) < 4.78 is 30.2. The first kappa shape index (κ1) is 29.9. The number of rotatable bonds is 9. The molecule has 3 aromatic rings. The van der Waals surface area contributed by atoms with E-state index < -0.39 is 34.1 Å². The number of anilines is 1. The summed E-state index contributed by atoms with van der Waals surface area (Å²) in [5.41, 5.74) is 0.636. The second-order valence-electron chi connectivity index (χ2n) is 9.86. The van der Waals surface area contributed by atoms with Crippen LogP contribution in [0.15, 0.2) is 92.7 Å². The zero-order valence-corrected chi connectivity index (χ0v) is 25.7. The normalized spacial score (nSPS) is 12.5. The average molecular weight is 665 g/mol. The molecule has 1 N–H and O–H groups in total. The molecule has 3 rings (SSSR count). The molecule has 0 aliphatic carbocycles. The average Bonchev–Trinajstić information content (AvgIpc) is 2.86. The zero-order chi connectivity index (χ0) is 28.1. The molecule has 0 saturated carbocycles. The van der Waals surface area contributed by atoms with E-state index in [0.29, 0.717) is 5.69 Å². The Bertz CT molecular complexity index is 1360. The lowest BCUT2D eigenvalue weighted by atomic mass is 10.1. The van der Waals surface area contributed by atoms with Crippen LogP contribution in [0.25, 0.3) is 0 Å². The van der Waals surface area contributed by atoms with Crippen molar-refractivity contribution in [3.8, 4) is 0 Å². The first-order valence-electron chi connectivity index (χ1n) is 12.0. The number of nitrogens with zero attached hydrogens (tertiary/aromatic N) is 2. The number of hydrogen-bond donors (Lipinski definition) is 1.